The van der Waals surface area contributed by atoms with E-state index in [0.717, 1.165) is 40.6 Å². The van der Waals surface area contributed by atoms with Crippen molar-refractivity contribution in [2.24, 2.45) is 5.73 Å². The maximum absolute atomic E-state index is 12.0. The molecule has 2 heterocycles. The van der Waals surface area contributed by atoms with Gasteiger partial charge in [-0.3, -0.25) is 14.8 Å². The lowest BCUT2D eigenvalue weighted by Crippen LogP contribution is -2.25. The minimum Gasteiger partial charge on any atom is -0.381 e. The highest BCUT2D eigenvalue weighted by molar-refractivity contribution is 6.07. The first-order valence-electron chi connectivity index (χ1n) is 9.12. The molecule has 1 aliphatic carbocycles. The average Bonchev–Trinajstić information content (AvgIpc) is 2.69. The van der Waals surface area contributed by atoms with Gasteiger partial charge in [0.05, 0.1) is 16.8 Å². The molecule has 1 aliphatic rings. The number of fused-ring (bicyclic) bond motifs is 1. The largest absolute Gasteiger partial charge is 0.381 e. The van der Waals surface area contributed by atoms with Crippen LogP contribution in [0.4, 0.5) is 5.69 Å². The van der Waals surface area contributed by atoms with Crippen molar-refractivity contribution in [3.05, 3.63) is 54.5 Å². The molecule has 0 unspecified atom stereocenters. The SMILES string of the molecule is NC(=O)c1cnc2ccc(-c3cccnc3)cc2c1NC1CCCCC1. The summed E-state index contributed by atoms with van der Waals surface area (Å²) < 4.78 is 0. The van der Waals surface area contributed by atoms with Gasteiger partial charge >= 0.3 is 0 Å². The Morgan fingerprint density at radius 3 is 2.65 bits per heavy atom. The van der Waals surface area contributed by atoms with Gasteiger partial charge in [0, 0.05) is 35.6 Å². The van der Waals surface area contributed by atoms with Crippen LogP contribution in [-0.2, 0) is 0 Å². The molecular formula is C21H22N4O. The summed E-state index contributed by atoms with van der Waals surface area (Å²) >= 11 is 0. The van der Waals surface area contributed by atoms with Gasteiger partial charge in [-0.05, 0) is 36.6 Å². The molecule has 1 amide bonds. The number of nitrogens with zero attached hydrogens (tertiary/aromatic N) is 2. The van der Waals surface area contributed by atoms with Crippen molar-refractivity contribution < 1.29 is 4.79 Å². The second-order valence-corrected chi connectivity index (χ2v) is 6.86. The van der Waals surface area contributed by atoms with Crippen LogP contribution in [0, 0.1) is 0 Å². The predicted octanol–water partition coefficient (Wildman–Crippen LogP) is 4.14. The smallest absolute Gasteiger partial charge is 0.252 e. The molecule has 3 aromatic rings. The van der Waals surface area contributed by atoms with Crippen LogP contribution in [0.2, 0.25) is 0 Å². The van der Waals surface area contributed by atoms with Crippen LogP contribution < -0.4 is 11.1 Å². The molecule has 0 radical (unpaired) electrons. The van der Waals surface area contributed by atoms with Crippen LogP contribution in [0.1, 0.15) is 42.5 Å². The number of hydrogen-bond donors (Lipinski definition) is 2. The highest BCUT2D eigenvalue weighted by Crippen LogP contribution is 2.32. The summed E-state index contributed by atoms with van der Waals surface area (Å²) in [5.74, 6) is -0.454. The second kappa shape index (κ2) is 7.12. The van der Waals surface area contributed by atoms with Crippen LogP contribution in [0.5, 0.6) is 0 Å². The number of rotatable bonds is 4. The number of hydrogen-bond acceptors (Lipinski definition) is 4. The van der Waals surface area contributed by atoms with Gasteiger partial charge < -0.3 is 11.1 Å². The molecule has 0 saturated heterocycles. The Labute approximate surface area is 152 Å². The van der Waals surface area contributed by atoms with Gasteiger partial charge in [0.2, 0.25) is 0 Å². The Hall–Kier alpha value is -2.95. The zero-order valence-corrected chi connectivity index (χ0v) is 14.6. The quantitative estimate of drug-likeness (QED) is 0.744. The van der Waals surface area contributed by atoms with Crippen LogP contribution in [-0.4, -0.2) is 21.9 Å². The van der Waals surface area contributed by atoms with E-state index in [1.54, 1.807) is 12.4 Å². The topological polar surface area (TPSA) is 80.9 Å². The summed E-state index contributed by atoms with van der Waals surface area (Å²) in [7, 11) is 0. The number of nitrogens with one attached hydrogen (secondary N) is 1. The number of aromatic nitrogens is 2. The van der Waals surface area contributed by atoms with Crippen molar-refractivity contribution in [2.75, 3.05) is 5.32 Å². The summed E-state index contributed by atoms with van der Waals surface area (Å²) in [6.07, 6.45) is 11.1. The summed E-state index contributed by atoms with van der Waals surface area (Å²) in [5.41, 5.74) is 9.81. The number of benzene rings is 1. The third kappa shape index (κ3) is 3.25. The zero-order chi connectivity index (χ0) is 17.9. The summed E-state index contributed by atoms with van der Waals surface area (Å²) in [6, 6.07) is 10.4. The molecule has 1 fully saturated rings. The van der Waals surface area contributed by atoms with Crippen molar-refractivity contribution in [1.82, 2.24) is 9.97 Å². The van der Waals surface area contributed by atoms with Crippen molar-refractivity contribution in [1.29, 1.82) is 0 Å². The molecule has 5 heteroatoms. The van der Waals surface area contributed by atoms with Gasteiger partial charge in [-0.15, -0.1) is 0 Å². The number of amides is 1. The highest BCUT2D eigenvalue weighted by atomic mass is 16.1. The van der Waals surface area contributed by atoms with Crippen molar-refractivity contribution in [2.45, 2.75) is 38.1 Å². The number of nitrogens with two attached hydrogens (primary N) is 1. The Kier molecular flexibility index (Phi) is 4.52. The third-order valence-corrected chi connectivity index (χ3v) is 5.08. The molecule has 0 aliphatic heterocycles. The standard InChI is InChI=1S/C21H22N4O/c22-21(26)18-13-24-19-9-8-14(15-5-4-10-23-12-15)11-17(19)20(18)25-16-6-2-1-3-7-16/h4-5,8-13,16H,1-3,6-7H2,(H2,22,26)(H,24,25). The highest BCUT2D eigenvalue weighted by Gasteiger charge is 2.19. The Morgan fingerprint density at radius 2 is 1.92 bits per heavy atom. The fraction of sp³-hybridized carbons (Fsp3) is 0.286. The Balaban J connectivity index is 1.84. The average molecular weight is 346 g/mol. The fourth-order valence-electron chi connectivity index (χ4n) is 3.70. The van der Waals surface area contributed by atoms with Crippen LogP contribution >= 0.6 is 0 Å². The maximum atomic E-state index is 12.0. The van der Waals surface area contributed by atoms with Gasteiger partial charge in [-0.1, -0.05) is 31.4 Å². The van der Waals surface area contributed by atoms with E-state index in [1.807, 2.05) is 30.5 Å². The lowest BCUT2D eigenvalue weighted by molar-refractivity contribution is 0.100. The summed E-state index contributed by atoms with van der Waals surface area (Å²) in [4.78, 5) is 20.6. The van der Waals surface area contributed by atoms with E-state index in [-0.39, 0.29) is 0 Å². The Bertz CT molecular complexity index is 933. The van der Waals surface area contributed by atoms with E-state index < -0.39 is 5.91 Å². The van der Waals surface area contributed by atoms with Gasteiger partial charge in [-0.25, -0.2) is 0 Å². The van der Waals surface area contributed by atoms with Crippen molar-refractivity contribution in [3.8, 4) is 11.1 Å². The first kappa shape index (κ1) is 16.5. The molecule has 2 aromatic heterocycles. The van der Waals surface area contributed by atoms with Crippen LogP contribution in [0.3, 0.4) is 0 Å². The predicted molar refractivity (Wildman–Crippen MR) is 104 cm³/mol. The number of pyridine rings is 2. The monoisotopic (exact) mass is 346 g/mol. The maximum Gasteiger partial charge on any atom is 0.252 e. The first-order valence-corrected chi connectivity index (χ1v) is 9.12. The van der Waals surface area contributed by atoms with Crippen LogP contribution in [0.15, 0.2) is 48.9 Å². The van der Waals surface area contributed by atoms with E-state index in [1.165, 1.54) is 19.3 Å². The van der Waals surface area contributed by atoms with E-state index >= 15 is 0 Å². The van der Waals surface area contributed by atoms with E-state index in [0.29, 0.717) is 11.6 Å². The molecule has 26 heavy (non-hydrogen) atoms. The molecule has 3 N–H and O–H groups in total. The van der Waals surface area contributed by atoms with Gasteiger partial charge in [-0.2, -0.15) is 0 Å². The van der Waals surface area contributed by atoms with E-state index in [2.05, 4.69) is 21.4 Å². The van der Waals surface area contributed by atoms with Crippen molar-refractivity contribution in [3.63, 3.8) is 0 Å². The third-order valence-electron chi connectivity index (χ3n) is 5.08. The minimum absolute atomic E-state index is 0.370. The van der Waals surface area contributed by atoms with Gasteiger partial charge in [0.25, 0.3) is 5.91 Å². The molecule has 1 aromatic carbocycles. The van der Waals surface area contributed by atoms with Crippen LogP contribution in [0.25, 0.3) is 22.0 Å². The normalized spacial score (nSPS) is 15.1. The second-order valence-electron chi connectivity index (χ2n) is 6.86. The van der Waals surface area contributed by atoms with Gasteiger partial charge in [0.15, 0.2) is 0 Å². The molecular weight excluding hydrogens is 324 g/mol. The van der Waals surface area contributed by atoms with Crippen molar-refractivity contribution >= 4 is 22.5 Å². The number of carbonyl (C=O) groups excluding carboxylic acids is 1. The lowest BCUT2D eigenvalue weighted by Gasteiger charge is -2.25. The van der Waals surface area contributed by atoms with E-state index in [9.17, 15) is 4.79 Å². The minimum atomic E-state index is -0.454. The zero-order valence-electron chi connectivity index (χ0n) is 14.6. The number of primary amides is 1. The van der Waals surface area contributed by atoms with E-state index in [4.69, 9.17) is 5.73 Å². The number of anilines is 1. The molecule has 5 nitrogen and oxygen atoms in total. The fourth-order valence-corrected chi connectivity index (χ4v) is 3.70. The number of carbonyl (C=O) groups is 1. The first-order chi connectivity index (χ1) is 12.7. The molecule has 0 spiro atoms. The molecule has 0 bridgehead atoms. The summed E-state index contributed by atoms with van der Waals surface area (Å²) in [5, 5.41) is 4.52. The van der Waals surface area contributed by atoms with Gasteiger partial charge in [0.1, 0.15) is 0 Å². The molecule has 1 saturated carbocycles. The molecule has 4 rings (SSSR count). The lowest BCUT2D eigenvalue weighted by atomic mass is 9.94. The molecule has 132 valence electrons. The molecule has 0 atom stereocenters. The summed E-state index contributed by atoms with van der Waals surface area (Å²) in [6.45, 7) is 0. The Morgan fingerprint density at radius 1 is 1.08 bits per heavy atom.